The summed E-state index contributed by atoms with van der Waals surface area (Å²) in [5.74, 6) is 1.79. The van der Waals surface area contributed by atoms with Gasteiger partial charge in [-0.2, -0.15) is 10.1 Å². The summed E-state index contributed by atoms with van der Waals surface area (Å²) in [5, 5.41) is 8.95. The Labute approximate surface area is 226 Å². The van der Waals surface area contributed by atoms with Crippen LogP contribution in [-0.4, -0.2) is 49.4 Å². The summed E-state index contributed by atoms with van der Waals surface area (Å²) in [7, 11) is 1.86. The number of ether oxygens (including phenoxy) is 1. The molecule has 1 N–H and O–H groups in total. The molecule has 0 saturated heterocycles. The van der Waals surface area contributed by atoms with Gasteiger partial charge in [0.15, 0.2) is 5.65 Å². The number of amides is 1. The highest BCUT2D eigenvalue weighted by atomic mass is 16.6. The summed E-state index contributed by atoms with van der Waals surface area (Å²) in [4.78, 5) is 23.6. The zero-order chi connectivity index (χ0) is 26.7. The van der Waals surface area contributed by atoms with Crippen LogP contribution in [0.15, 0.2) is 36.7 Å². The topological polar surface area (TPSA) is 85.2 Å². The monoisotopic (exact) mass is 518 g/mol. The lowest BCUT2D eigenvalue weighted by atomic mass is 9.84. The maximum absolute atomic E-state index is 12.5. The van der Waals surface area contributed by atoms with Crippen LogP contribution >= 0.6 is 0 Å². The van der Waals surface area contributed by atoms with Gasteiger partial charge in [-0.25, -0.2) is 14.5 Å². The van der Waals surface area contributed by atoms with Gasteiger partial charge in [0.25, 0.3) is 0 Å². The fourth-order valence-corrected chi connectivity index (χ4v) is 5.91. The molecule has 2 aliphatic carbocycles. The van der Waals surface area contributed by atoms with Gasteiger partial charge in [-0.3, -0.25) is 0 Å². The standard InChI is InChI=1S/C30H42N6O2/c1-30(2,3)38-29(37)35(4)26-16-10-21(11-17-26)20-36-27-24(19-32-36)18-31-28(34-27)33-25-14-12-23(13-15-25)22-8-6-5-7-9-22/h12-15,18-19,21-22,26H,5-11,16-17,20H2,1-4H3,(H,31,33,34). The first kappa shape index (κ1) is 26.4. The number of nitrogens with one attached hydrogen (secondary N) is 1. The Morgan fingerprint density at radius 1 is 1.03 bits per heavy atom. The van der Waals surface area contributed by atoms with E-state index in [1.165, 1.54) is 37.7 Å². The summed E-state index contributed by atoms with van der Waals surface area (Å²) < 4.78 is 7.56. The van der Waals surface area contributed by atoms with E-state index in [0.29, 0.717) is 17.8 Å². The Morgan fingerprint density at radius 2 is 1.74 bits per heavy atom. The molecule has 0 bridgehead atoms. The van der Waals surface area contributed by atoms with Crippen LogP contribution in [0, 0.1) is 5.92 Å². The second-order valence-corrected chi connectivity index (χ2v) is 12.1. The van der Waals surface area contributed by atoms with Gasteiger partial charge in [-0.1, -0.05) is 31.4 Å². The fourth-order valence-electron chi connectivity index (χ4n) is 5.91. The minimum atomic E-state index is -0.475. The lowest BCUT2D eigenvalue weighted by Crippen LogP contribution is -2.42. The molecule has 1 aromatic carbocycles. The Bertz CT molecular complexity index is 1220. The molecule has 0 spiro atoms. The number of aromatic nitrogens is 4. The number of fused-ring (bicyclic) bond motifs is 1. The van der Waals surface area contributed by atoms with Crippen LogP contribution in [0.5, 0.6) is 0 Å². The molecule has 2 aromatic heterocycles. The predicted molar refractivity (Wildman–Crippen MR) is 151 cm³/mol. The Kier molecular flexibility index (Phi) is 7.86. The minimum absolute atomic E-state index is 0.220. The van der Waals surface area contributed by atoms with Crippen molar-refractivity contribution in [3.05, 3.63) is 42.2 Å². The van der Waals surface area contributed by atoms with Crippen LogP contribution in [0.3, 0.4) is 0 Å². The number of benzene rings is 1. The molecule has 38 heavy (non-hydrogen) atoms. The first-order valence-electron chi connectivity index (χ1n) is 14.3. The van der Waals surface area contributed by atoms with Crippen LogP contribution in [0.4, 0.5) is 16.4 Å². The average Bonchev–Trinajstić information content (AvgIpc) is 3.30. The molecule has 1 amide bonds. The minimum Gasteiger partial charge on any atom is -0.444 e. The van der Waals surface area contributed by atoms with E-state index < -0.39 is 5.60 Å². The van der Waals surface area contributed by atoms with Gasteiger partial charge in [0, 0.05) is 31.5 Å². The van der Waals surface area contributed by atoms with E-state index in [2.05, 4.69) is 39.7 Å². The highest BCUT2D eigenvalue weighted by molar-refractivity contribution is 5.75. The van der Waals surface area contributed by atoms with E-state index in [9.17, 15) is 4.79 Å². The Hall–Kier alpha value is -3.16. The van der Waals surface area contributed by atoms with E-state index in [1.54, 1.807) is 4.90 Å². The van der Waals surface area contributed by atoms with Crippen molar-refractivity contribution in [3.63, 3.8) is 0 Å². The summed E-state index contributed by atoms with van der Waals surface area (Å²) in [6.45, 7) is 6.53. The van der Waals surface area contributed by atoms with Crippen molar-refractivity contribution in [3.8, 4) is 0 Å². The summed E-state index contributed by atoms with van der Waals surface area (Å²) in [6, 6.07) is 9.00. The van der Waals surface area contributed by atoms with Crippen molar-refractivity contribution in [2.75, 3.05) is 12.4 Å². The van der Waals surface area contributed by atoms with Crippen LogP contribution < -0.4 is 5.32 Å². The molecule has 2 fully saturated rings. The third-order valence-corrected chi connectivity index (χ3v) is 8.10. The smallest absolute Gasteiger partial charge is 0.410 e. The zero-order valence-corrected chi connectivity index (χ0v) is 23.3. The predicted octanol–water partition coefficient (Wildman–Crippen LogP) is 7.04. The van der Waals surface area contributed by atoms with Crippen molar-refractivity contribution in [1.82, 2.24) is 24.6 Å². The van der Waals surface area contributed by atoms with Gasteiger partial charge < -0.3 is 15.0 Å². The first-order valence-corrected chi connectivity index (χ1v) is 14.3. The molecule has 2 heterocycles. The molecule has 0 atom stereocenters. The Balaban J connectivity index is 1.18. The third kappa shape index (κ3) is 6.45. The van der Waals surface area contributed by atoms with Crippen molar-refractivity contribution < 1.29 is 9.53 Å². The SMILES string of the molecule is CN(C(=O)OC(C)(C)C)C1CCC(Cn2ncc3cnc(Nc4ccc(C5CCCCC5)cc4)nc32)CC1. The largest absolute Gasteiger partial charge is 0.444 e. The van der Waals surface area contributed by atoms with Crippen LogP contribution in [0.25, 0.3) is 11.0 Å². The number of carbonyl (C=O) groups is 1. The van der Waals surface area contributed by atoms with Crippen LogP contribution in [-0.2, 0) is 11.3 Å². The summed E-state index contributed by atoms with van der Waals surface area (Å²) >= 11 is 0. The summed E-state index contributed by atoms with van der Waals surface area (Å²) in [5.41, 5.74) is 2.82. The van der Waals surface area contributed by atoms with Crippen molar-refractivity contribution in [1.29, 1.82) is 0 Å². The Morgan fingerprint density at radius 3 is 2.42 bits per heavy atom. The molecule has 5 rings (SSSR count). The molecule has 2 saturated carbocycles. The lowest BCUT2D eigenvalue weighted by molar-refractivity contribution is 0.0169. The molecular weight excluding hydrogens is 476 g/mol. The number of hydrogen-bond acceptors (Lipinski definition) is 6. The zero-order valence-electron chi connectivity index (χ0n) is 23.3. The second-order valence-electron chi connectivity index (χ2n) is 12.1. The molecule has 3 aromatic rings. The molecule has 0 unspecified atom stereocenters. The molecule has 8 nitrogen and oxygen atoms in total. The van der Waals surface area contributed by atoms with Crippen molar-refractivity contribution in [2.45, 2.75) is 103 Å². The molecule has 204 valence electrons. The van der Waals surface area contributed by atoms with Crippen molar-refractivity contribution >= 4 is 28.8 Å². The number of hydrogen-bond donors (Lipinski definition) is 1. The maximum atomic E-state index is 12.5. The van der Waals surface area contributed by atoms with Gasteiger partial charge in [-0.15, -0.1) is 0 Å². The quantitative estimate of drug-likeness (QED) is 0.377. The van der Waals surface area contributed by atoms with E-state index in [-0.39, 0.29) is 12.1 Å². The number of anilines is 2. The van der Waals surface area contributed by atoms with Crippen LogP contribution in [0.2, 0.25) is 0 Å². The number of carbonyl (C=O) groups excluding carboxylic acids is 1. The molecular formula is C30H42N6O2. The highest BCUT2D eigenvalue weighted by Crippen LogP contribution is 2.33. The first-order chi connectivity index (χ1) is 18.2. The second kappa shape index (κ2) is 11.3. The molecule has 8 heteroatoms. The normalized spacial score (nSPS) is 20.8. The average molecular weight is 519 g/mol. The van der Waals surface area contributed by atoms with E-state index in [4.69, 9.17) is 9.72 Å². The van der Waals surface area contributed by atoms with E-state index in [0.717, 1.165) is 48.9 Å². The van der Waals surface area contributed by atoms with E-state index >= 15 is 0 Å². The van der Waals surface area contributed by atoms with Gasteiger partial charge in [0.1, 0.15) is 5.60 Å². The maximum Gasteiger partial charge on any atom is 0.410 e. The lowest BCUT2D eigenvalue weighted by Gasteiger charge is -2.35. The fraction of sp³-hybridized carbons (Fsp3) is 0.600. The third-order valence-electron chi connectivity index (χ3n) is 8.10. The van der Waals surface area contributed by atoms with Gasteiger partial charge in [0.05, 0.1) is 11.6 Å². The molecule has 2 aliphatic rings. The van der Waals surface area contributed by atoms with E-state index in [1.807, 2.05) is 44.9 Å². The molecule has 0 aliphatic heterocycles. The summed E-state index contributed by atoms with van der Waals surface area (Å²) in [6.07, 6.45) is 14.2. The van der Waals surface area contributed by atoms with Crippen molar-refractivity contribution in [2.24, 2.45) is 5.92 Å². The van der Waals surface area contributed by atoms with Gasteiger partial charge in [-0.05, 0) is 88.8 Å². The highest BCUT2D eigenvalue weighted by Gasteiger charge is 2.29. The molecule has 0 radical (unpaired) electrons. The van der Waals surface area contributed by atoms with Gasteiger partial charge >= 0.3 is 6.09 Å². The number of nitrogens with zero attached hydrogens (tertiary/aromatic N) is 5. The van der Waals surface area contributed by atoms with Gasteiger partial charge in [0.2, 0.25) is 5.95 Å². The van der Waals surface area contributed by atoms with Crippen LogP contribution in [0.1, 0.15) is 90.0 Å². The number of rotatable bonds is 6.